The Morgan fingerprint density at radius 1 is 1.12 bits per heavy atom. The van der Waals surface area contributed by atoms with Crippen molar-refractivity contribution in [3.8, 4) is 17.4 Å². The Morgan fingerprint density at radius 3 is 2.73 bits per heavy atom. The normalized spacial score (nSPS) is 17.2. The SMILES string of the molecule is COc1ccc(C(C)NC(=O)C2CCCCCN2c2ccnc(-n3ccnc3)n2)cc1OC. The zero-order valence-corrected chi connectivity index (χ0v) is 19.3. The highest BCUT2D eigenvalue weighted by molar-refractivity contribution is 5.85. The summed E-state index contributed by atoms with van der Waals surface area (Å²) >= 11 is 0. The maximum atomic E-state index is 13.4. The molecule has 174 valence electrons. The molecule has 1 aliphatic heterocycles. The highest BCUT2D eigenvalue weighted by Gasteiger charge is 2.30. The van der Waals surface area contributed by atoms with Crippen LogP contribution in [0.25, 0.3) is 5.95 Å². The van der Waals surface area contributed by atoms with Crippen molar-refractivity contribution >= 4 is 11.7 Å². The van der Waals surface area contributed by atoms with Crippen molar-refractivity contribution in [2.75, 3.05) is 25.7 Å². The first-order chi connectivity index (χ1) is 16.1. The number of benzene rings is 1. The van der Waals surface area contributed by atoms with E-state index in [2.05, 4.69) is 20.2 Å². The van der Waals surface area contributed by atoms with Gasteiger partial charge in [-0.1, -0.05) is 18.9 Å². The summed E-state index contributed by atoms with van der Waals surface area (Å²) in [6.07, 6.45) is 10.8. The van der Waals surface area contributed by atoms with Crippen molar-refractivity contribution in [3.63, 3.8) is 0 Å². The van der Waals surface area contributed by atoms with Crippen LogP contribution >= 0.6 is 0 Å². The Balaban J connectivity index is 1.54. The van der Waals surface area contributed by atoms with E-state index in [1.54, 1.807) is 43.7 Å². The summed E-state index contributed by atoms with van der Waals surface area (Å²) in [5.41, 5.74) is 0.950. The van der Waals surface area contributed by atoms with Crippen LogP contribution in [0.15, 0.2) is 49.2 Å². The molecule has 9 heteroatoms. The number of hydrogen-bond acceptors (Lipinski definition) is 7. The van der Waals surface area contributed by atoms with E-state index in [4.69, 9.17) is 14.5 Å². The monoisotopic (exact) mass is 450 g/mol. The topological polar surface area (TPSA) is 94.4 Å². The van der Waals surface area contributed by atoms with Crippen LogP contribution in [0, 0.1) is 0 Å². The van der Waals surface area contributed by atoms with E-state index in [1.165, 1.54) is 0 Å². The summed E-state index contributed by atoms with van der Waals surface area (Å²) < 4.78 is 12.5. The van der Waals surface area contributed by atoms with Crippen molar-refractivity contribution in [2.24, 2.45) is 0 Å². The van der Waals surface area contributed by atoms with E-state index in [9.17, 15) is 4.79 Å². The Morgan fingerprint density at radius 2 is 1.97 bits per heavy atom. The fourth-order valence-electron chi connectivity index (χ4n) is 4.17. The van der Waals surface area contributed by atoms with Gasteiger partial charge in [-0.05, 0) is 43.5 Å². The number of carbonyl (C=O) groups excluding carboxylic acids is 1. The zero-order chi connectivity index (χ0) is 23.2. The average Bonchev–Trinajstić information content (AvgIpc) is 3.28. The minimum Gasteiger partial charge on any atom is -0.493 e. The van der Waals surface area contributed by atoms with Gasteiger partial charge in [-0.15, -0.1) is 0 Å². The van der Waals surface area contributed by atoms with E-state index in [1.807, 2.05) is 31.2 Å². The van der Waals surface area contributed by atoms with Crippen LogP contribution in [0.5, 0.6) is 11.5 Å². The number of aromatic nitrogens is 4. The standard InChI is InChI=1S/C24H30N6O3/c1-17(18-8-9-20(32-2)21(15-18)33-3)27-23(31)19-7-5-4-6-13-30(19)22-10-11-26-24(28-22)29-14-12-25-16-29/h8-12,14-17,19H,4-7,13H2,1-3H3,(H,27,31). The number of anilines is 1. The number of rotatable bonds is 7. The number of hydrogen-bond donors (Lipinski definition) is 1. The second-order valence-corrected chi connectivity index (χ2v) is 8.09. The van der Waals surface area contributed by atoms with Gasteiger partial charge in [0.2, 0.25) is 11.9 Å². The van der Waals surface area contributed by atoms with Gasteiger partial charge < -0.3 is 19.7 Å². The molecule has 0 aliphatic carbocycles. The molecule has 2 unspecified atom stereocenters. The van der Waals surface area contributed by atoms with Crippen LogP contribution < -0.4 is 19.7 Å². The van der Waals surface area contributed by atoms with Crippen molar-refractivity contribution < 1.29 is 14.3 Å². The molecule has 1 fully saturated rings. The molecule has 4 rings (SSSR count). The first-order valence-corrected chi connectivity index (χ1v) is 11.2. The quantitative estimate of drug-likeness (QED) is 0.590. The molecule has 9 nitrogen and oxygen atoms in total. The van der Waals surface area contributed by atoms with E-state index in [0.29, 0.717) is 17.4 Å². The molecule has 3 aromatic rings. The first-order valence-electron chi connectivity index (χ1n) is 11.2. The lowest BCUT2D eigenvalue weighted by molar-refractivity contribution is -0.123. The predicted molar refractivity (Wildman–Crippen MR) is 125 cm³/mol. The minimum absolute atomic E-state index is 0.0121. The first kappa shape index (κ1) is 22.6. The van der Waals surface area contributed by atoms with Gasteiger partial charge in [0.05, 0.1) is 20.3 Å². The van der Waals surface area contributed by atoms with Crippen molar-refractivity contribution in [2.45, 2.75) is 44.7 Å². The Kier molecular flexibility index (Phi) is 7.07. The molecular formula is C24H30N6O3. The van der Waals surface area contributed by atoms with Crippen LogP contribution in [0.4, 0.5) is 5.82 Å². The lowest BCUT2D eigenvalue weighted by Gasteiger charge is -2.31. The van der Waals surface area contributed by atoms with Crippen LogP contribution in [0.2, 0.25) is 0 Å². The number of nitrogens with one attached hydrogen (secondary N) is 1. The minimum atomic E-state index is -0.305. The molecule has 0 spiro atoms. The van der Waals surface area contributed by atoms with Gasteiger partial charge in [-0.25, -0.2) is 9.97 Å². The summed E-state index contributed by atoms with van der Waals surface area (Å²) in [6, 6.07) is 7.07. The number of imidazole rings is 1. The number of methoxy groups -OCH3 is 2. The highest BCUT2D eigenvalue weighted by atomic mass is 16.5. The maximum Gasteiger partial charge on any atom is 0.243 e. The van der Waals surface area contributed by atoms with Gasteiger partial charge in [0, 0.05) is 25.1 Å². The number of carbonyl (C=O) groups is 1. The molecule has 3 heterocycles. The van der Waals surface area contributed by atoms with Crippen LogP contribution in [0.3, 0.4) is 0 Å². The van der Waals surface area contributed by atoms with Gasteiger partial charge in [-0.3, -0.25) is 9.36 Å². The molecule has 0 bridgehead atoms. The largest absolute Gasteiger partial charge is 0.493 e. The van der Waals surface area contributed by atoms with E-state index >= 15 is 0 Å². The molecule has 0 radical (unpaired) electrons. The number of amides is 1. The summed E-state index contributed by atoms with van der Waals surface area (Å²) in [7, 11) is 3.21. The van der Waals surface area contributed by atoms with Gasteiger partial charge in [-0.2, -0.15) is 4.98 Å². The molecule has 1 aromatic carbocycles. The molecule has 1 amide bonds. The molecule has 0 saturated carbocycles. The van der Waals surface area contributed by atoms with Gasteiger partial charge in [0.15, 0.2) is 11.5 Å². The molecule has 1 saturated heterocycles. The summed E-state index contributed by atoms with van der Waals surface area (Å²) in [4.78, 5) is 28.7. The number of nitrogens with zero attached hydrogens (tertiary/aromatic N) is 5. The Labute approximate surface area is 193 Å². The third-order valence-corrected chi connectivity index (χ3v) is 5.98. The van der Waals surface area contributed by atoms with E-state index < -0.39 is 0 Å². The van der Waals surface area contributed by atoms with Crippen molar-refractivity contribution in [3.05, 3.63) is 54.7 Å². The smallest absolute Gasteiger partial charge is 0.243 e. The maximum absolute atomic E-state index is 13.4. The summed E-state index contributed by atoms with van der Waals surface area (Å²) in [5, 5.41) is 3.19. The number of ether oxygens (including phenoxy) is 2. The summed E-state index contributed by atoms with van der Waals surface area (Å²) in [5.74, 6) is 2.57. The van der Waals surface area contributed by atoms with Crippen LogP contribution in [-0.2, 0) is 4.79 Å². The highest BCUT2D eigenvalue weighted by Crippen LogP contribution is 2.30. The molecule has 2 aromatic heterocycles. The Bertz CT molecular complexity index is 1070. The second-order valence-electron chi connectivity index (χ2n) is 8.09. The molecule has 1 aliphatic rings. The average molecular weight is 451 g/mol. The van der Waals surface area contributed by atoms with Crippen LogP contribution in [0.1, 0.15) is 44.2 Å². The Hall–Kier alpha value is -3.62. The second kappa shape index (κ2) is 10.3. The van der Waals surface area contributed by atoms with Crippen LogP contribution in [-0.4, -0.2) is 52.2 Å². The van der Waals surface area contributed by atoms with Crippen molar-refractivity contribution in [1.82, 2.24) is 24.8 Å². The van der Waals surface area contributed by atoms with Crippen molar-refractivity contribution in [1.29, 1.82) is 0 Å². The molecule has 1 N–H and O–H groups in total. The van der Waals surface area contributed by atoms with E-state index in [-0.39, 0.29) is 18.0 Å². The van der Waals surface area contributed by atoms with Gasteiger partial charge in [0.25, 0.3) is 0 Å². The third kappa shape index (κ3) is 5.08. The molecule has 2 atom stereocenters. The molecule has 33 heavy (non-hydrogen) atoms. The third-order valence-electron chi connectivity index (χ3n) is 5.98. The summed E-state index contributed by atoms with van der Waals surface area (Å²) in [6.45, 7) is 2.74. The fourth-order valence-corrected chi connectivity index (χ4v) is 4.17. The fraction of sp³-hybridized carbons (Fsp3) is 0.417. The lowest BCUT2D eigenvalue weighted by Crippen LogP contribution is -2.47. The van der Waals surface area contributed by atoms with Gasteiger partial charge in [0.1, 0.15) is 18.2 Å². The molecular weight excluding hydrogens is 420 g/mol. The lowest BCUT2D eigenvalue weighted by atomic mass is 10.1. The zero-order valence-electron chi connectivity index (χ0n) is 19.3. The predicted octanol–water partition coefficient (Wildman–Crippen LogP) is 3.31. The van der Waals surface area contributed by atoms with Gasteiger partial charge >= 0.3 is 0 Å². The van der Waals surface area contributed by atoms with E-state index in [0.717, 1.165) is 43.6 Å².